The third-order valence-electron chi connectivity index (χ3n) is 6.54. The molecule has 1 saturated carbocycles. The van der Waals surface area contributed by atoms with Crippen LogP contribution in [0.4, 0.5) is 0 Å². The Morgan fingerprint density at radius 1 is 1.21 bits per heavy atom. The van der Waals surface area contributed by atoms with Crippen LogP contribution in [-0.4, -0.2) is 64.4 Å². The standard InChI is InChI=1S/C24H31NO9/c1-11-15(31-23-19(28)18(27)21(30-5)24(3,4)33-23)10-9-14-17(26)16(22(29)32-20(11)14)12(2)25-34-13-7-6-8-13/h9-10,13,18-19,21,23,26-28H,6-8H2,1-5H3/b25-12-/t18-,19+,21+,23+/m0/s1. The number of aliphatic hydroxyl groups is 2. The van der Waals surface area contributed by atoms with Crippen LogP contribution >= 0.6 is 0 Å². The summed E-state index contributed by atoms with van der Waals surface area (Å²) < 4.78 is 22.5. The highest BCUT2D eigenvalue weighted by Gasteiger charge is 2.50. The minimum absolute atomic E-state index is 0.0339. The summed E-state index contributed by atoms with van der Waals surface area (Å²) in [4.78, 5) is 18.1. The molecule has 1 aliphatic heterocycles. The first-order valence-corrected chi connectivity index (χ1v) is 11.3. The molecule has 1 aromatic carbocycles. The second kappa shape index (κ2) is 9.18. The SMILES string of the molecule is CO[C@@H]1[C@@H](O)[C@@H](O)[C@H](Oc2ccc3c(O)c(/C(C)=N\OC4CCC4)c(=O)oc3c2C)OC1(C)C. The van der Waals surface area contributed by atoms with Crippen molar-refractivity contribution < 1.29 is 38.8 Å². The van der Waals surface area contributed by atoms with Crippen molar-refractivity contribution in [2.24, 2.45) is 5.16 Å². The summed E-state index contributed by atoms with van der Waals surface area (Å²) in [5, 5.41) is 36.1. The van der Waals surface area contributed by atoms with Crippen LogP contribution in [-0.2, 0) is 14.3 Å². The molecule has 1 aliphatic carbocycles. The van der Waals surface area contributed by atoms with Gasteiger partial charge in [-0.3, -0.25) is 0 Å². The average Bonchev–Trinajstić information content (AvgIpc) is 2.73. The van der Waals surface area contributed by atoms with E-state index >= 15 is 0 Å². The average molecular weight is 478 g/mol. The molecule has 0 amide bonds. The molecule has 2 heterocycles. The Labute approximate surface area is 196 Å². The third kappa shape index (κ3) is 4.26. The highest BCUT2D eigenvalue weighted by molar-refractivity contribution is 6.04. The molecular weight excluding hydrogens is 446 g/mol. The fourth-order valence-electron chi connectivity index (χ4n) is 4.32. The molecule has 0 spiro atoms. The molecule has 1 aromatic heterocycles. The topological polar surface area (TPSA) is 140 Å². The molecule has 3 N–H and O–H groups in total. The van der Waals surface area contributed by atoms with Gasteiger partial charge in [-0.05, 0) is 59.1 Å². The van der Waals surface area contributed by atoms with Gasteiger partial charge in [-0.15, -0.1) is 0 Å². The first kappa shape index (κ1) is 24.5. The van der Waals surface area contributed by atoms with Gasteiger partial charge in [0, 0.05) is 12.7 Å². The number of rotatable bonds is 6. The highest BCUT2D eigenvalue weighted by Crippen LogP contribution is 2.37. The van der Waals surface area contributed by atoms with Crippen molar-refractivity contribution in [1.82, 2.24) is 0 Å². The lowest BCUT2D eigenvalue weighted by Gasteiger charge is -2.46. The summed E-state index contributed by atoms with van der Waals surface area (Å²) >= 11 is 0. The van der Waals surface area contributed by atoms with Crippen LogP contribution in [0.15, 0.2) is 26.5 Å². The van der Waals surface area contributed by atoms with Crippen molar-refractivity contribution in [3.8, 4) is 11.5 Å². The maximum atomic E-state index is 12.7. The van der Waals surface area contributed by atoms with E-state index in [9.17, 15) is 20.1 Å². The Morgan fingerprint density at radius 3 is 2.53 bits per heavy atom. The van der Waals surface area contributed by atoms with Crippen LogP contribution in [0.3, 0.4) is 0 Å². The van der Waals surface area contributed by atoms with Crippen LogP contribution in [0.1, 0.15) is 51.2 Å². The Balaban J connectivity index is 1.65. The van der Waals surface area contributed by atoms with E-state index < -0.39 is 35.8 Å². The predicted octanol–water partition coefficient (Wildman–Crippen LogP) is 2.35. The van der Waals surface area contributed by atoms with E-state index in [2.05, 4.69) is 5.16 Å². The lowest BCUT2D eigenvalue weighted by atomic mass is 9.89. The molecule has 2 aromatic rings. The van der Waals surface area contributed by atoms with Crippen LogP contribution < -0.4 is 10.4 Å². The van der Waals surface area contributed by atoms with Gasteiger partial charge in [0.2, 0.25) is 6.29 Å². The number of nitrogens with zero attached hydrogens (tertiary/aromatic N) is 1. The molecule has 186 valence electrons. The number of benzene rings is 1. The molecule has 34 heavy (non-hydrogen) atoms. The van der Waals surface area contributed by atoms with Crippen molar-refractivity contribution in [2.45, 2.75) is 83.3 Å². The Hall–Kier alpha value is -2.66. The van der Waals surface area contributed by atoms with Gasteiger partial charge < -0.3 is 38.8 Å². The van der Waals surface area contributed by atoms with Crippen molar-refractivity contribution in [1.29, 1.82) is 0 Å². The van der Waals surface area contributed by atoms with Gasteiger partial charge in [0.15, 0.2) is 0 Å². The molecule has 2 fully saturated rings. The third-order valence-corrected chi connectivity index (χ3v) is 6.54. The molecule has 0 radical (unpaired) electrons. The molecular formula is C24H31NO9. The van der Waals surface area contributed by atoms with E-state index in [1.807, 2.05) is 0 Å². The number of aryl methyl sites for hydroxylation is 1. The normalized spacial score (nSPS) is 27.4. The Kier molecular flexibility index (Phi) is 6.61. The zero-order valence-corrected chi connectivity index (χ0v) is 19.9. The van der Waals surface area contributed by atoms with E-state index in [0.29, 0.717) is 10.9 Å². The summed E-state index contributed by atoms with van der Waals surface area (Å²) in [6.45, 7) is 6.66. The molecule has 2 aliphatic rings. The molecule has 4 rings (SSSR count). The molecule has 0 bridgehead atoms. The molecule has 0 unspecified atom stereocenters. The van der Waals surface area contributed by atoms with Gasteiger partial charge in [0.25, 0.3) is 0 Å². The van der Waals surface area contributed by atoms with Crippen molar-refractivity contribution in [2.75, 3.05) is 7.11 Å². The summed E-state index contributed by atoms with van der Waals surface area (Å²) in [7, 11) is 1.43. The van der Waals surface area contributed by atoms with E-state index in [0.717, 1.165) is 19.3 Å². The fourth-order valence-corrected chi connectivity index (χ4v) is 4.32. The maximum Gasteiger partial charge on any atom is 0.349 e. The lowest BCUT2D eigenvalue weighted by Crippen LogP contribution is -2.63. The quantitative estimate of drug-likeness (QED) is 0.325. The van der Waals surface area contributed by atoms with Crippen LogP contribution in [0.2, 0.25) is 0 Å². The van der Waals surface area contributed by atoms with Crippen LogP contribution in [0.5, 0.6) is 11.5 Å². The fraction of sp³-hybridized carbons (Fsp3) is 0.583. The summed E-state index contributed by atoms with van der Waals surface area (Å²) in [5.74, 6) is -0.0165. The maximum absolute atomic E-state index is 12.7. The van der Waals surface area contributed by atoms with Gasteiger partial charge in [-0.1, -0.05) is 5.16 Å². The minimum atomic E-state index is -1.38. The molecule has 1 saturated heterocycles. The highest BCUT2D eigenvalue weighted by atomic mass is 16.7. The molecule has 10 nitrogen and oxygen atoms in total. The number of methoxy groups -OCH3 is 1. The number of oxime groups is 1. The van der Waals surface area contributed by atoms with E-state index in [1.165, 1.54) is 13.2 Å². The second-order valence-electron chi connectivity index (χ2n) is 9.36. The van der Waals surface area contributed by atoms with Crippen molar-refractivity contribution in [3.05, 3.63) is 33.7 Å². The smallest absolute Gasteiger partial charge is 0.349 e. The number of hydrogen-bond acceptors (Lipinski definition) is 10. The van der Waals surface area contributed by atoms with E-state index in [4.69, 9.17) is 23.5 Å². The summed E-state index contributed by atoms with van der Waals surface area (Å²) in [5.41, 5.74) is -1.02. The lowest BCUT2D eigenvalue weighted by molar-refractivity contribution is -0.306. The summed E-state index contributed by atoms with van der Waals surface area (Å²) in [6.07, 6.45) is -1.64. The zero-order valence-electron chi connectivity index (χ0n) is 19.9. The molecule has 4 atom stereocenters. The predicted molar refractivity (Wildman–Crippen MR) is 122 cm³/mol. The Morgan fingerprint density at radius 2 is 1.91 bits per heavy atom. The van der Waals surface area contributed by atoms with Crippen molar-refractivity contribution >= 4 is 16.7 Å². The summed E-state index contributed by atoms with van der Waals surface area (Å²) in [6, 6.07) is 3.10. The van der Waals surface area contributed by atoms with E-state index in [1.54, 1.807) is 33.8 Å². The number of aliphatic hydroxyl groups excluding tert-OH is 2. The second-order valence-corrected chi connectivity index (χ2v) is 9.36. The van der Waals surface area contributed by atoms with Crippen molar-refractivity contribution in [3.63, 3.8) is 0 Å². The van der Waals surface area contributed by atoms with Gasteiger partial charge in [-0.2, -0.15) is 0 Å². The molecule has 10 heteroatoms. The van der Waals surface area contributed by atoms with Gasteiger partial charge in [0.1, 0.15) is 47.1 Å². The number of aromatic hydroxyl groups is 1. The number of hydrogen-bond donors (Lipinski definition) is 3. The zero-order chi connectivity index (χ0) is 24.8. The number of fused-ring (bicyclic) bond motifs is 1. The van der Waals surface area contributed by atoms with Gasteiger partial charge >= 0.3 is 5.63 Å². The Bertz CT molecular complexity index is 1150. The van der Waals surface area contributed by atoms with Crippen LogP contribution in [0.25, 0.3) is 11.0 Å². The van der Waals surface area contributed by atoms with Crippen LogP contribution in [0, 0.1) is 6.92 Å². The number of ether oxygens (including phenoxy) is 3. The van der Waals surface area contributed by atoms with Gasteiger partial charge in [-0.25, -0.2) is 4.79 Å². The first-order valence-electron chi connectivity index (χ1n) is 11.3. The largest absolute Gasteiger partial charge is 0.506 e. The van der Waals surface area contributed by atoms with E-state index in [-0.39, 0.29) is 34.5 Å². The monoisotopic (exact) mass is 477 g/mol. The van der Waals surface area contributed by atoms with Gasteiger partial charge in [0.05, 0.1) is 16.7 Å². The minimum Gasteiger partial charge on any atom is -0.506 e. The first-order chi connectivity index (χ1) is 16.0.